The molecule has 0 spiro atoms. The monoisotopic (exact) mass is 339 g/mol. The second-order valence-corrected chi connectivity index (χ2v) is 6.64. The first-order valence-electron chi connectivity index (χ1n) is 7.41. The summed E-state index contributed by atoms with van der Waals surface area (Å²) in [7, 11) is 0.315. The molecule has 122 valence electrons. The van der Waals surface area contributed by atoms with Crippen molar-refractivity contribution < 1.29 is 13.4 Å². The van der Waals surface area contributed by atoms with Crippen LogP contribution in [0.4, 0.5) is 5.69 Å². The molecular weight excluding hydrogens is 322 g/mol. The van der Waals surface area contributed by atoms with Crippen molar-refractivity contribution >= 4 is 22.7 Å². The molecule has 3 aromatic rings. The number of hydrogen-bond donors (Lipinski definition) is 0. The number of hydrogen-bond acceptors (Lipinski definition) is 4. The summed E-state index contributed by atoms with van der Waals surface area (Å²) in [6.45, 7) is 2.00. The standard InChI is InChI=1S/C19H17NO3S/c1-14-3-9-17(10-4-14)24(21)19-11-12-23-18(19)13-20-15-5-7-16(22-2)8-6-15/h3-13H,1-2H3. The molecule has 0 aliphatic carbocycles. The van der Waals surface area contributed by atoms with Gasteiger partial charge in [-0.2, -0.15) is 0 Å². The number of benzene rings is 2. The summed E-state index contributed by atoms with van der Waals surface area (Å²) in [5.41, 5.74) is 1.89. The van der Waals surface area contributed by atoms with Gasteiger partial charge in [0.1, 0.15) is 5.75 Å². The molecule has 0 saturated heterocycles. The Morgan fingerprint density at radius 1 is 1.04 bits per heavy atom. The molecule has 0 N–H and O–H groups in total. The van der Waals surface area contributed by atoms with Crippen molar-refractivity contribution in [1.29, 1.82) is 0 Å². The zero-order chi connectivity index (χ0) is 16.9. The van der Waals surface area contributed by atoms with Crippen LogP contribution in [-0.4, -0.2) is 17.5 Å². The highest BCUT2D eigenvalue weighted by Crippen LogP contribution is 2.22. The van der Waals surface area contributed by atoms with Gasteiger partial charge in [0.15, 0.2) is 5.76 Å². The summed E-state index contributed by atoms with van der Waals surface area (Å²) in [4.78, 5) is 5.71. The number of methoxy groups -OCH3 is 1. The fourth-order valence-corrected chi connectivity index (χ4v) is 3.25. The molecule has 1 heterocycles. The number of ether oxygens (including phenoxy) is 1. The Hall–Kier alpha value is -2.66. The Morgan fingerprint density at radius 3 is 2.42 bits per heavy atom. The Labute approximate surface area is 143 Å². The lowest BCUT2D eigenvalue weighted by Crippen LogP contribution is -1.95. The molecular formula is C19H17NO3S. The third kappa shape index (κ3) is 3.63. The van der Waals surface area contributed by atoms with Crippen LogP contribution in [0.15, 0.2) is 80.1 Å². The van der Waals surface area contributed by atoms with Crippen LogP contribution in [0, 0.1) is 6.92 Å². The van der Waals surface area contributed by atoms with Gasteiger partial charge >= 0.3 is 0 Å². The lowest BCUT2D eigenvalue weighted by Gasteiger charge is -2.02. The van der Waals surface area contributed by atoms with E-state index >= 15 is 0 Å². The van der Waals surface area contributed by atoms with Crippen molar-refractivity contribution in [3.8, 4) is 5.75 Å². The molecule has 0 aliphatic rings. The smallest absolute Gasteiger partial charge is 0.161 e. The summed E-state index contributed by atoms with van der Waals surface area (Å²) in [6, 6.07) is 16.7. The molecule has 2 aromatic carbocycles. The molecule has 0 aliphatic heterocycles. The van der Waals surface area contributed by atoms with Crippen LogP contribution in [0.2, 0.25) is 0 Å². The fraction of sp³-hybridized carbons (Fsp3) is 0.105. The lowest BCUT2D eigenvalue weighted by molar-refractivity contribution is 0.415. The number of rotatable bonds is 5. The van der Waals surface area contributed by atoms with Crippen LogP contribution in [-0.2, 0) is 10.8 Å². The van der Waals surface area contributed by atoms with Crippen LogP contribution in [0.1, 0.15) is 11.3 Å². The minimum Gasteiger partial charge on any atom is -0.497 e. The minimum absolute atomic E-state index is 0.490. The van der Waals surface area contributed by atoms with Gasteiger partial charge in [0, 0.05) is 4.90 Å². The van der Waals surface area contributed by atoms with E-state index in [9.17, 15) is 4.21 Å². The van der Waals surface area contributed by atoms with Crippen molar-refractivity contribution in [3.05, 3.63) is 72.2 Å². The van der Waals surface area contributed by atoms with Crippen molar-refractivity contribution in [1.82, 2.24) is 0 Å². The van der Waals surface area contributed by atoms with Crippen molar-refractivity contribution in [3.63, 3.8) is 0 Å². The summed E-state index contributed by atoms with van der Waals surface area (Å²) >= 11 is 0. The predicted octanol–water partition coefficient (Wildman–Crippen LogP) is 4.51. The molecule has 3 rings (SSSR count). The van der Waals surface area contributed by atoms with Crippen molar-refractivity contribution in [2.24, 2.45) is 4.99 Å². The predicted molar refractivity (Wildman–Crippen MR) is 94.8 cm³/mol. The zero-order valence-corrected chi connectivity index (χ0v) is 14.2. The van der Waals surface area contributed by atoms with Gasteiger partial charge in [-0.15, -0.1) is 0 Å². The van der Waals surface area contributed by atoms with Gasteiger partial charge in [-0.05, 0) is 49.4 Å². The van der Waals surface area contributed by atoms with Crippen molar-refractivity contribution in [2.75, 3.05) is 7.11 Å². The second kappa shape index (κ2) is 7.27. The van der Waals surface area contributed by atoms with E-state index in [1.54, 1.807) is 19.4 Å². The Bertz CT molecular complexity index is 864. The van der Waals surface area contributed by atoms with Gasteiger partial charge < -0.3 is 9.15 Å². The van der Waals surface area contributed by atoms with Gasteiger partial charge in [0.05, 0.1) is 41.0 Å². The number of aryl methyl sites for hydroxylation is 1. The molecule has 4 nitrogen and oxygen atoms in total. The molecule has 1 aromatic heterocycles. The third-order valence-corrected chi connectivity index (χ3v) is 4.93. The van der Waals surface area contributed by atoms with Gasteiger partial charge in [-0.25, -0.2) is 4.21 Å². The normalized spacial score (nSPS) is 12.4. The molecule has 0 amide bonds. The van der Waals surface area contributed by atoms with Gasteiger partial charge in [-0.3, -0.25) is 4.99 Å². The summed E-state index contributed by atoms with van der Waals surface area (Å²) in [5, 5.41) is 0. The highest BCUT2D eigenvalue weighted by atomic mass is 32.2. The van der Waals surface area contributed by atoms with Gasteiger partial charge in [0.2, 0.25) is 0 Å². The second-order valence-electron chi connectivity index (χ2n) is 5.19. The lowest BCUT2D eigenvalue weighted by atomic mass is 10.2. The molecule has 24 heavy (non-hydrogen) atoms. The summed E-state index contributed by atoms with van der Waals surface area (Å²) in [6.07, 6.45) is 3.11. The van der Waals surface area contributed by atoms with Crippen LogP contribution in [0.5, 0.6) is 5.75 Å². The van der Waals surface area contributed by atoms with E-state index in [0.29, 0.717) is 10.7 Å². The van der Waals surface area contributed by atoms with E-state index in [-0.39, 0.29) is 0 Å². The Kier molecular flexibility index (Phi) is 4.91. The number of furan rings is 1. The maximum Gasteiger partial charge on any atom is 0.161 e. The molecule has 5 heteroatoms. The van der Waals surface area contributed by atoms with Crippen LogP contribution < -0.4 is 4.74 Å². The first kappa shape index (κ1) is 16.2. The summed E-state index contributed by atoms with van der Waals surface area (Å²) in [5.74, 6) is 1.26. The molecule has 0 bridgehead atoms. The fourth-order valence-electron chi connectivity index (χ4n) is 2.15. The molecule has 1 atom stereocenters. The number of aliphatic imine (C=N–C) groups is 1. The quantitative estimate of drug-likeness (QED) is 0.643. The van der Waals surface area contributed by atoms with E-state index < -0.39 is 10.8 Å². The average Bonchev–Trinajstić information content (AvgIpc) is 3.09. The first-order chi connectivity index (χ1) is 11.7. The topological polar surface area (TPSA) is 51.8 Å². The SMILES string of the molecule is COc1ccc(N=Cc2occc2S(=O)c2ccc(C)cc2)cc1. The van der Waals surface area contributed by atoms with E-state index in [1.165, 1.54) is 6.26 Å². The largest absolute Gasteiger partial charge is 0.497 e. The molecule has 1 unspecified atom stereocenters. The van der Waals surface area contributed by atoms with E-state index in [4.69, 9.17) is 9.15 Å². The zero-order valence-electron chi connectivity index (χ0n) is 13.4. The van der Waals surface area contributed by atoms with E-state index in [2.05, 4.69) is 4.99 Å². The third-order valence-electron chi connectivity index (χ3n) is 3.50. The molecule has 0 radical (unpaired) electrons. The van der Waals surface area contributed by atoms with Crippen LogP contribution in [0.3, 0.4) is 0 Å². The summed E-state index contributed by atoms with van der Waals surface area (Å²) < 4.78 is 23.3. The average molecular weight is 339 g/mol. The first-order valence-corrected chi connectivity index (χ1v) is 8.56. The van der Waals surface area contributed by atoms with Gasteiger partial charge in [-0.1, -0.05) is 17.7 Å². The molecule has 0 saturated carbocycles. The maximum atomic E-state index is 12.7. The van der Waals surface area contributed by atoms with E-state index in [0.717, 1.165) is 21.9 Å². The van der Waals surface area contributed by atoms with Crippen LogP contribution >= 0.6 is 0 Å². The van der Waals surface area contributed by atoms with Gasteiger partial charge in [0.25, 0.3) is 0 Å². The van der Waals surface area contributed by atoms with Crippen molar-refractivity contribution in [2.45, 2.75) is 16.7 Å². The Balaban J connectivity index is 1.83. The maximum absolute atomic E-state index is 12.7. The van der Waals surface area contributed by atoms with Crippen LogP contribution in [0.25, 0.3) is 0 Å². The molecule has 0 fully saturated rings. The van der Waals surface area contributed by atoms with E-state index in [1.807, 2.05) is 55.5 Å². The highest BCUT2D eigenvalue weighted by molar-refractivity contribution is 7.85. The highest BCUT2D eigenvalue weighted by Gasteiger charge is 2.13. The number of nitrogens with zero attached hydrogens (tertiary/aromatic N) is 1. The minimum atomic E-state index is -1.30. The Morgan fingerprint density at radius 2 is 1.75 bits per heavy atom.